The second-order valence-corrected chi connectivity index (χ2v) is 6.80. The molecule has 2 aromatic rings. The second kappa shape index (κ2) is 10.5. The summed E-state index contributed by atoms with van der Waals surface area (Å²) >= 11 is 0. The fourth-order valence-corrected chi connectivity index (χ4v) is 3.36. The van der Waals surface area contributed by atoms with Crippen LogP contribution in [0.5, 0.6) is 5.75 Å². The van der Waals surface area contributed by atoms with Gasteiger partial charge in [0, 0.05) is 45.1 Å². The first-order valence-corrected chi connectivity index (χ1v) is 9.99. The Morgan fingerprint density at radius 1 is 1.25 bits per heavy atom. The van der Waals surface area contributed by atoms with Crippen molar-refractivity contribution in [3.8, 4) is 5.75 Å². The summed E-state index contributed by atoms with van der Waals surface area (Å²) in [7, 11) is 1.78. The molecule has 0 radical (unpaired) electrons. The van der Waals surface area contributed by atoms with E-state index in [9.17, 15) is 0 Å². The third-order valence-corrected chi connectivity index (χ3v) is 4.83. The molecule has 1 aromatic heterocycles. The SMILES string of the molecule is C=CCOc1ccccc1CNC(=NC)NCCc1nnc2n1CCCCC2. The first-order chi connectivity index (χ1) is 13.8. The van der Waals surface area contributed by atoms with Gasteiger partial charge in [0.05, 0.1) is 0 Å². The normalized spacial score (nSPS) is 14.1. The van der Waals surface area contributed by atoms with Crippen molar-refractivity contribution in [3.63, 3.8) is 0 Å². The van der Waals surface area contributed by atoms with E-state index in [4.69, 9.17) is 4.74 Å². The highest BCUT2D eigenvalue weighted by Gasteiger charge is 2.14. The van der Waals surface area contributed by atoms with Crippen LogP contribution in [0.3, 0.4) is 0 Å². The Balaban J connectivity index is 1.49. The summed E-state index contributed by atoms with van der Waals surface area (Å²) in [6.07, 6.45) is 7.31. The monoisotopic (exact) mass is 382 g/mol. The average molecular weight is 383 g/mol. The van der Waals surface area contributed by atoms with Crippen molar-refractivity contribution in [2.75, 3.05) is 20.2 Å². The Labute approximate surface area is 166 Å². The van der Waals surface area contributed by atoms with E-state index in [2.05, 4.69) is 37.0 Å². The predicted octanol–water partition coefficient (Wildman–Crippen LogP) is 2.48. The largest absolute Gasteiger partial charge is 0.489 e. The number of aryl methyl sites for hydroxylation is 1. The van der Waals surface area contributed by atoms with Crippen molar-refractivity contribution >= 4 is 5.96 Å². The van der Waals surface area contributed by atoms with Gasteiger partial charge in [-0.2, -0.15) is 0 Å². The number of benzene rings is 1. The summed E-state index contributed by atoms with van der Waals surface area (Å²) < 4.78 is 8.00. The van der Waals surface area contributed by atoms with E-state index < -0.39 is 0 Å². The number of para-hydroxylation sites is 1. The van der Waals surface area contributed by atoms with Gasteiger partial charge >= 0.3 is 0 Å². The lowest BCUT2D eigenvalue weighted by molar-refractivity contribution is 0.358. The fourth-order valence-electron chi connectivity index (χ4n) is 3.36. The first kappa shape index (κ1) is 19.9. The summed E-state index contributed by atoms with van der Waals surface area (Å²) in [5.41, 5.74) is 1.08. The molecule has 1 aliphatic rings. The fraction of sp³-hybridized carbons (Fsp3) is 0.476. The minimum Gasteiger partial charge on any atom is -0.489 e. The van der Waals surface area contributed by atoms with Gasteiger partial charge in [0.1, 0.15) is 24.0 Å². The van der Waals surface area contributed by atoms with E-state index in [0.717, 1.165) is 54.9 Å². The number of fused-ring (bicyclic) bond motifs is 1. The van der Waals surface area contributed by atoms with Crippen LogP contribution in [-0.4, -0.2) is 40.9 Å². The van der Waals surface area contributed by atoms with Crippen LogP contribution in [0.15, 0.2) is 41.9 Å². The highest BCUT2D eigenvalue weighted by molar-refractivity contribution is 5.79. The van der Waals surface area contributed by atoms with Crippen LogP contribution in [0.1, 0.15) is 36.5 Å². The number of guanidine groups is 1. The van der Waals surface area contributed by atoms with E-state index in [1.807, 2.05) is 24.3 Å². The molecule has 28 heavy (non-hydrogen) atoms. The molecular weight excluding hydrogens is 352 g/mol. The van der Waals surface area contributed by atoms with Crippen LogP contribution in [0.4, 0.5) is 0 Å². The molecule has 0 spiro atoms. The maximum atomic E-state index is 5.71. The van der Waals surface area contributed by atoms with Crippen molar-refractivity contribution in [3.05, 3.63) is 54.1 Å². The Morgan fingerprint density at radius 3 is 3.00 bits per heavy atom. The zero-order chi connectivity index (χ0) is 19.6. The second-order valence-electron chi connectivity index (χ2n) is 6.80. The van der Waals surface area contributed by atoms with E-state index in [1.54, 1.807) is 13.1 Å². The van der Waals surface area contributed by atoms with Gasteiger partial charge in [0.15, 0.2) is 5.96 Å². The molecule has 7 nitrogen and oxygen atoms in total. The van der Waals surface area contributed by atoms with Crippen LogP contribution in [0.25, 0.3) is 0 Å². The molecule has 0 bridgehead atoms. The van der Waals surface area contributed by atoms with Gasteiger partial charge < -0.3 is 19.9 Å². The molecule has 7 heteroatoms. The number of nitrogens with zero attached hydrogens (tertiary/aromatic N) is 4. The van der Waals surface area contributed by atoms with E-state index in [-0.39, 0.29) is 0 Å². The van der Waals surface area contributed by atoms with Crippen molar-refractivity contribution in [2.24, 2.45) is 4.99 Å². The molecule has 0 unspecified atom stereocenters. The Hall–Kier alpha value is -2.83. The van der Waals surface area contributed by atoms with Gasteiger partial charge in [0.2, 0.25) is 0 Å². The lowest BCUT2D eigenvalue weighted by Crippen LogP contribution is -2.38. The third-order valence-electron chi connectivity index (χ3n) is 4.83. The predicted molar refractivity (Wildman–Crippen MR) is 112 cm³/mol. The number of ether oxygens (including phenoxy) is 1. The maximum absolute atomic E-state index is 5.71. The average Bonchev–Trinajstić information content (AvgIpc) is 2.95. The van der Waals surface area contributed by atoms with Crippen LogP contribution in [0.2, 0.25) is 0 Å². The minimum absolute atomic E-state index is 0.493. The summed E-state index contributed by atoms with van der Waals surface area (Å²) in [6, 6.07) is 7.99. The van der Waals surface area contributed by atoms with E-state index in [1.165, 1.54) is 19.3 Å². The van der Waals surface area contributed by atoms with Gasteiger partial charge in [0.25, 0.3) is 0 Å². The molecule has 1 aromatic carbocycles. The standard InChI is InChI=1S/C21H30N6O/c1-3-15-28-18-10-7-6-9-17(18)16-24-21(22-2)23-13-12-20-26-25-19-11-5-4-8-14-27(19)20/h3,6-7,9-10H,1,4-5,8,11-16H2,2H3,(H2,22,23,24). The van der Waals surface area contributed by atoms with Crippen molar-refractivity contribution < 1.29 is 4.74 Å². The van der Waals surface area contributed by atoms with Crippen LogP contribution < -0.4 is 15.4 Å². The quantitative estimate of drug-likeness (QED) is 0.417. The first-order valence-electron chi connectivity index (χ1n) is 9.99. The van der Waals surface area contributed by atoms with Crippen LogP contribution in [-0.2, 0) is 25.9 Å². The Bertz CT molecular complexity index is 798. The lowest BCUT2D eigenvalue weighted by atomic mass is 10.2. The molecule has 0 aliphatic carbocycles. The number of nitrogens with one attached hydrogen (secondary N) is 2. The molecule has 0 amide bonds. The van der Waals surface area contributed by atoms with Gasteiger partial charge in [-0.3, -0.25) is 4.99 Å². The number of hydrogen-bond donors (Lipinski definition) is 2. The minimum atomic E-state index is 0.493. The Morgan fingerprint density at radius 2 is 2.14 bits per heavy atom. The highest BCUT2D eigenvalue weighted by Crippen LogP contribution is 2.17. The molecule has 0 saturated carbocycles. The molecule has 0 saturated heterocycles. The molecule has 3 rings (SSSR count). The molecule has 0 fully saturated rings. The summed E-state index contributed by atoms with van der Waals surface area (Å²) in [4.78, 5) is 4.31. The molecule has 2 heterocycles. The smallest absolute Gasteiger partial charge is 0.191 e. The summed E-state index contributed by atoms with van der Waals surface area (Å²) in [6.45, 7) is 6.61. The maximum Gasteiger partial charge on any atom is 0.191 e. The number of rotatable bonds is 8. The van der Waals surface area contributed by atoms with E-state index in [0.29, 0.717) is 13.2 Å². The third kappa shape index (κ3) is 5.34. The zero-order valence-electron chi connectivity index (χ0n) is 16.7. The molecular formula is C21H30N6O. The van der Waals surface area contributed by atoms with Gasteiger partial charge in [-0.05, 0) is 18.9 Å². The van der Waals surface area contributed by atoms with Crippen LogP contribution >= 0.6 is 0 Å². The van der Waals surface area contributed by atoms with Crippen molar-refractivity contribution in [1.29, 1.82) is 0 Å². The van der Waals surface area contributed by atoms with Crippen LogP contribution in [0, 0.1) is 0 Å². The van der Waals surface area contributed by atoms with Gasteiger partial charge in [-0.25, -0.2) is 0 Å². The lowest BCUT2D eigenvalue weighted by Gasteiger charge is -2.14. The summed E-state index contributed by atoms with van der Waals surface area (Å²) in [5.74, 6) is 3.81. The number of aromatic nitrogens is 3. The molecule has 2 N–H and O–H groups in total. The topological polar surface area (TPSA) is 76.4 Å². The molecule has 150 valence electrons. The number of aliphatic imine (C=N–C) groups is 1. The highest BCUT2D eigenvalue weighted by atomic mass is 16.5. The number of hydrogen-bond acceptors (Lipinski definition) is 4. The van der Waals surface area contributed by atoms with Crippen molar-refractivity contribution in [1.82, 2.24) is 25.4 Å². The van der Waals surface area contributed by atoms with E-state index >= 15 is 0 Å². The van der Waals surface area contributed by atoms with Crippen molar-refractivity contribution in [2.45, 2.75) is 45.2 Å². The van der Waals surface area contributed by atoms with Gasteiger partial charge in [-0.1, -0.05) is 37.3 Å². The van der Waals surface area contributed by atoms with Gasteiger partial charge in [-0.15, -0.1) is 10.2 Å². The zero-order valence-corrected chi connectivity index (χ0v) is 16.7. The molecule has 0 atom stereocenters. The molecule has 1 aliphatic heterocycles. The summed E-state index contributed by atoms with van der Waals surface area (Å²) in [5, 5.41) is 15.5. The Kier molecular flexibility index (Phi) is 7.46.